The molecule has 0 amide bonds. The minimum atomic E-state index is -0.669. The molecule has 1 saturated heterocycles. The molecule has 1 fully saturated rings. The lowest BCUT2D eigenvalue weighted by Gasteiger charge is -2.33. The van der Waals surface area contributed by atoms with Gasteiger partial charge in [-0.25, -0.2) is 8.78 Å². The Labute approximate surface area is 154 Å². The molecule has 3 aromatic rings. The second-order valence-corrected chi connectivity index (χ2v) is 7.18. The highest BCUT2D eigenvalue weighted by Crippen LogP contribution is 2.40. The second-order valence-electron chi connectivity index (χ2n) is 6.82. The predicted octanol–water partition coefficient (Wildman–Crippen LogP) is 4.27. The summed E-state index contributed by atoms with van der Waals surface area (Å²) in [5.41, 5.74) is 1.13. The van der Waals surface area contributed by atoms with Gasteiger partial charge >= 0.3 is 0 Å². The van der Waals surface area contributed by atoms with Crippen LogP contribution in [0, 0.1) is 24.5 Å². The lowest BCUT2D eigenvalue weighted by Crippen LogP contribution is -2.35. The Morgan fingerprint density at radius 3 is 2.58 bits per heavy atom. The minimum Gasteiger partial charge on any atom is -0.356 e. The molecule has 0 spiro atoms. The van der Waals surface area contributed by atoms with E-state index in [2.05, 4.69) is 26.9 Å². The molecule has 1 aromatic carbocycles. The molecule has 136 valence electrons. The van der Waals surface area contributed by atoms with Gasteiger partial charge in [0.25, 0.3) is 5.78 Å². The van der Waals surface area contributed by atoms with E-state index in [1.807, 2.05) is 0 Å². The maximum absolute atomic E-state index is 14.7. The van der Waals surface area contributed by atoms with Crippen LogP contribution in [-0.2, 0) is 0 Å². The number of halogens is 3. The number of rotatable bonds is 2. The van der Waals surface area contributed by atoms with Crippen molar-refractivity contribution in [3.63, 3.8) is 0 Å². The van der Waals surface area contributed by atoms with Crippen LogP contribution in [0.25, 0.3) is 16.9 Å². The number of aromatic nitrogens is 4. The molecular weight excluding hydrogens is 360 g/mol. The van der Waals surface area contributed by atoms with Crippen LogP contribution in [0.5, 0.6) is 0 Å². The van der Waals surface area contributed by atoms with Crippen molar-refractivity contribution in [2.75, 3.05) is 18.0 Å². The summed E-state index contributed by atoms with van der Waals surface area (Å²) in [6.45, 7) is 5.47. The van der Waals surface area contributed by atoms with Crippen molar-refractivity contribution < 1.29 is 8.78 Å². The third-order valence-electron chi connectivity index (χ3n) is 4.94. The third kappa shape index (κ3) is 2.80. The molecule has 0 atom stereocenters. The number of piperidine rings is 1. The Morgan fingerprint density at radius 2 is 1.88 bits per heavy atom. The standard InChI is InChI=1S/C18H18ClF2N5/c1-10-3-5-25(6-4-10)17-15(14-11(2)7-12(20)8-13(14)21)16(19)24-18-22-9-23-26(17)18/h7-10H,3-6H2,1-2H3. The van der Waals surface area contributed by atoms with Crippen molar-refractivity contribution in [1.29, 1.82) is 0 Å². The molecule has 26 heavy (non-hydrogen) atoms. The van der Waals surface area contributed by atoms with E-state index in [1.54, 1.807) is 11.4 Å². The van der Waals surface area contributed by atoms with E-state index in [1.165, 1.54) is 12.4 Å². The maximum atomic E-state index is 14.7. The molecule has 0 N–H and O–H groups in total. The van der Waals surface area contributed by atoms with E-state index in [0.29, 0.717) is 28.6 Å². The van der Waals surface area contributed by atoms with Crippen LogP contribution in [0.15, 0.2) is 18.5 Å². The highest BCUT2D eigenvalue weighted by molar-refractivity contribution is 6.33. The van der Waals surface area contributed by atoms with E-state index >= 15 is 0 Å². The van der Waals surface area contributed by atoms with Crippen LogP contribution >= 0.6 is 11.6 Å². The number of nitrogens with zero attached hydrogens (tertiary/aromatic N) is 5. The largest absolute Gasteiger partial charge is 0.356 e. The van der Waals surface area contributed by atoms with Crippen LogP contribution in [-0.4, -0.2) is 32.7 Å². The molecular formula is C18H18ClF2N5. The smallest absolute Gasteiger partial charge is 0.255 e. The van der Waals surface area contributed by atoms with Crippen LogP contribution in [0.1, 0.15) is 25.3 Å². The third-order valence-corrected chi connectivity index (χ3v) is 5.22. The van der Waals surface area contributed by atoms with Crippen LogP contribution in [0.4, 0.5) is 14.6 Å². The van der Waals surface area contributed by atoms with Crippen molar-refractivity contribution in [3.8, 4) is 11.1 Å². The topological polar surface area (TPSA) is 46.3 Å². The summed E-state index contributed by atoms with van der Waals surface area (Å²) in [7, 11) is 0. The summed E-state index contributed by atoms with van der Waals surface area (Å²) >= 11 is 6.45. The molecule has 1 aliphatic rings. The highest BCUT2D eigenvalue weighted by atomic mass is 35.5. The first-order chi connectivity index (χ1) is 12.5. The SMILES string of the molecule is Cc1cc(F)cc(F)c1-c1c(Cl)nc2ncnn2c1N1CCC(C)CC1. The van der Waals surface area contributed by atoms with Crippen molar-refractivity contribution in [2.24, 2.45) is 5.92 Å². The van der Waals surface area contributed by atoms with Gasteiger partial charge in [-0.1, -0.05) is 18.5 Å². The molecule has 2 aromatic heterocycles. The first-order valence-corrected chi connectivity index (χ1v) is 8.93. The summed E-state index contributed by atoms with van der Waals surface area (Å²) in [6.07, 6.45) is 3.42. The molecule has 8 heteroatoms. The fourth-order valence-corrected chi connectivity index (χ4v) is 3.80. The van der Waals surface area contributed by atoms with E-state index < -0.39 is 11.6 Å². The Hall–Kier alpha value is -2.28. The highest BCUT2D eigenvalue weighted by Gasteiger charge is 2.27. The lowest BCUT2D eigenvalue weighted by molar-refractivity contribution is 0.435. The number of benzene rings is 1. The van der Waals surface area contributed by atoms with E-state index in [-0.39, 0.29) is 10.7 Å². The second kappa shape index (κ2) is 6.46. The van der Waals surface area contributed by atoms with Gasteiger partial charge in [-0.3, -0.25) is 0 Å². The average molecular weight is 378 g/mol. The summed E-state index contributed by atoms with van der Waals surface area (Å²) < 4.78 is 29.9. The fourth-order valence-electron chi connectivity index (χ4n) is 3.55. The van der Waals surface area contributed by atoms with Gasteiger partial charge in [0.2, 0.25) is 0 Å². The Morgan fingerprint density at radius 1 is 1.15 bits per heavy atom. The normalized spacial score (nSPS) is 15.8. The van der Waals surface area contributed by atoms with Gasteiger partial charge in [-0.2, -0.15) is 19.6 Å². The quantitative estimate of drug-likeness (QED) is 0.626. The van der Waals surface area contributed by atoms with Gasteiger partial charge < -0.3 is 4.90 Å². The Bertz CT molecular complexity index is 956. The van der Waals surface area contributed by atoms with Gasteiger partial charge in [0.15, 0.2) is 0 Å². The molecule has 0 radical (unpaired) electrons. The average Bonchev–Trinajstić information content (AvgIpc) is 3.03. The number of hydrogen-bond acceptors (Lipinski definition) is 4. The maximum Gasteiger partial charge on any atom is 0.255 e. The van der Waals surface area contributed by atoms with Crippen LogP contribution in [0.2, 0.25) is 5.15 Å². The van der Waals surface area contributed by atoms with Crippen molar-refractivity contribution >= 4 is 23.2 Å². The zero-order chi connectivity index (χ0) is 18.4. The summed E-state index contributed by atoms with van der Waals surface area (Å²) in [4.78, 5) is 10.5. The predicted molar refractivity (Wildman–Crippen MR) is 96.5 cm³/mol. The van der Waals surface area contributed by atoms with Gasteiger partial charge in [0.1, 0.15) is 28.9 Å². The first kappa shape index (κ1) is 17.1. The lowest BCUT2D eigenvalue weighted by atomic mass is 9.97. The molecule has 4 rings (SSSR count). The van der Waals surface area contributed by atoms with Gasteiger partial charge in [0, 0.05) is 24.7 Å². The van der Waals surface area contributed by atoms with E-state index in [9.17, 15) is 8.78 Å². The first-order valence-electron chi connectivity index (χ1n) is 8.56. The molecule has 0 unspecified atom stereocenters. The molecule has 0 aliphatic carbocycles. The summed E-state index contributed by atoms with van der Waals surface area (Å²) in [5.74, 6) is 0.341. The Kier molecular flexibility index (Phi) is 4.26. The molecule has 3 heterocycles. The molecule has 5 nitrogen and oxygen atoms in total. The van der Waals surface area contributed by atoms with Crippen LogP contribution in [0.3, 0.4) is 0 Å². The van der Waals surface area contributed by atoms with Crippen molar-refractivity contribution in [3.05, 3.63) is 40.8 Å². The summed E-state index contributed by atoms with van der Waals surface area (Å²) in [5, 5.41) is 4.40. The zero-order valence-corrected chi connectivity index (χ0v) is 15.3. The number of fused-ring (bicyclic) bond motifs is 1. The molecule has 0 bridgehead atoms. The number of hydrogen-bond donors (Lipinski definition) is 0. The van der Waals surface area contributed by atoms with Gasteiger partial charge in [-0.15, -0.1) is 0 Å². The number of aryl methyl sites for hydroxylation is 1. The van der Waals surface area contributed by atoms with Crippen molar-refractivity contribution in [1.82, 2.24) is 19.6 Å². The number of anilines is 1. The van der Waals surface area contributed by atoms with Gasteiger partial charge in [0.05, 0.1) is 5.56 Å². The monoisotopic (exact) mass is 377 g/mol. The summed E-state index contributed by atoms with van der Waals surface area (Å²) in [6, 6.07) is 2.16. The molecule has 0 saturated carbocycles. The van der Waals surface area contributed by atoms with Crippen molar-refractivity contribution in [2.45, 2.75) is 26.7 Å². The van der Waals surface area contributed by atoms with E-state index in [0.717, 1.165) is 32.0 Å². The Balaban J connectivity index is 2.00. The molecule has 1 aliphatic heterocycles. The van der Waals surface area contributed by atoms with Gasteiger partial charge in [-0.05, 0) is 37.3 Å². The minimum absolute atomic E-state index is 0.132. The fraction of sp³-hybridized carbons (Fsp3) is 0.389. The van der Waals surface area contributed by atoms with Crippen LogP contribution < -0.4 is 4.90 Å². The zero-order valence-electron chi connectivity index (χ0n) is 14.5. The van der Waals surface area contributed by atoms with E-state index in [4.69, 9.17) is 11.6 Å².